The summed E-state index contributed by atoms with van der Waals surface area (Å²) in [6.07, 6.45) is 0.236. The highest BCUT2D eigenvalue weighted by atomic mass is 16.5. The Balaban J connectivity index is 1.81. The summed E-state index contributed by atoms with van der Waals surface area (Å²) in [7, 11) is 0. The van der Waals surface area contributed by atoms with Crippen LogP contribution in [0.25, 0.3) is 0 Å². The first-order chi connectivity index (χ1) is 9.58. The van der Waals surface area contributed by atoms with Crippen LogP contribution in [0.3, 0.4) is 0 Å². The van der Waals surface area contributed by atoms with Crippen molar-refractivity contribution in [2.75, 3.05) is 17.7 Å². The molecule has 0 fully saturated rings. The van der Waals surface area contributed by atoms with E-state index < -0.39 is 0 Å². The van der Waals surface area contributed by atoms with Crippen LogP contribution in [0.1, 0.15) is 17.7 Å². The molecule has 0 aliphatic rings. The SMILES string of the molecule is Cc1[nH]nc(NC(=O)CCOc2ccccc2N)c1C. The molecule has 0 saturated heterocycles. The second-order valence-electron chi connectivity index (χ2n) is 4.51. The molecule has 0 unspecified atom stereocenters. The Morgan fingerprint density at radius 2 is 2.15 bits per heavy atom. The number of carbonyl (C=O) groups is 1. The van der Waals surface area contributed by atoms with Gasteiger partial charge in [-0.15, -0.1) is 0 Å². The molecule has 20 heavy (non-hydrogen) atoms. The van der Waals surface area contributed by atoms with Gasteiger partial charge >= 0.3 is 0 Å². The predicted molar refractivity (Wildman–Crippen MR) is 77.7 cm³/mol. The second kappa shape index (κ2) is 6.10. The van der Waals surface area contributed by atoms with Crippen LogP contribution >= 0.6 is 0 Å². The van der Waals surface area contributed by atoms with Gasteiger partial charge in [-0.05, 0) is 26.0 Å². The molecule has 1 aromatic heterocycles. The van der Waals surface area contributed by atoms with E-state index in [9.17, 15) is 4.79 Å². The number of benzene rings is 1. The van der Waals surface area contributed by atoms with Crippen LogP contribution in [0.5, 0.6) is 5.75 Å². The van der Waals surface area contributed by atoms with Crippen molar-refractivity contribution in [1.82, 2.24) is 10.2 Å². The number of aromatic nitrogens is 2. The van der Waals surface area contributed by atoms with Crippen molar-refractivity contribution >= 4 is 17.4 Å². The summed E-state index contributed by atoms with van der Waals surface area (Å²) >= 11 is 0. The highest BCUT2D eigenvalue weighted by molar-refractivity contribution is 5.90. The van der Waals surface area contributed by atoms with Gasteiger partial charge in [-0.2, -0.15) is 5.10 Å². The number of amides is 1. The minimum absolute atomic E-state index is 0.144. The highest BCUT2D eigenvalue weighted by Crippen LogP contribution is 2.20. The summed E-state index contributed by atoms with van der Waals surface area (Å²) in [6.45, 7) is 4.07. The molecular formula is C14H18N4O2. The molecular weight excluding hydrogens is 256 g/mol. The van der Waals surface area contributed by atoms with Gasteiger partial charge in [-0.3, -0.25) is 9.89 Å². The first-order valence-corrected chi connectivity index (χ1v) is 6.36. The standard InChI is InChI=1S/C14H18N4O2/c1-9-10(2)17-18-14(9)16-13(19)7-8-20-12-6-4-3-5-11(12)15/h3-6H,7-8,15H2,1-2H3,(H2,16,17,18,19). The van der Waals surface area contributed by atoms with E-state index in [-0.39, 0.29) is 18.9 Å². The van der Waals surface area contributed by atoms with Crippen molar-refractivity contribution in [3.63, 3.8) is 0 Å². The average Bonchev–Trinajstić information content (AvgIpc) is 2.73. The molecule has 0 saturated carbocycles. The number of rotatable bonds is 5. The Hall–Kier alpha value is -2.50. The summed E-state index contributed by atoms with van der Waals surface area (Å²) in [4.78, 5) is 11.8. The molecule has 2 rings (SSSR count). The van der Waals surface area contributed by atoms with Crippen LogP contribution < -0.4 is 15.8 Å². The molecule has 6 heteroatoms. The fourth-order valence-electron chi connectivity index (χ4n) is 1.67. The molecule has 0 aliphatic carbocycles. The molecule has 0 bridgehead atoms. The lowest BCUT2D eigenvalue weighted by atomic mass is 10.3. The summed E-state index contributed by atoms with van der Waals surface area (Å²) in [6, 6.07) is 7.19. The predicted octanol–water partition coefficient (Wildman–Crippen LogP) is 2.02. The molecule has 0 spiro atoms. The van der Waals surface area contributed by atoms with Gasteiger partial charge in [0.05, 0.1) is 18.7 Å². The van der Waals surface area contributed by atoms with Gasteiger partial charge in [0.1, 0.15) is 5.75 Å². The zero-order chi connectivity index (χ0) is 14.5. The van der Waals surface area contributed by atoms with Crippen molar-refractivity contribution in [2.24, 2.45) is 0 Å². The number of nitrogens with two attached hydrogens (primary N) is 1. The minimum Gasteiger partial charge on any atom is -0.491 e. The normalized spacial score (nSPS) is 10.3. The number of aryl methyl sites for hydroxylation is 1. The molecule has 2 aromatic rings. The summed E-state index contributed by atoms with van der Waals surface area (Å²) in [5, 5.41) is 9.58. The summed E-state index contributed by atoms with van der Waals surface area (Å²) in [5.41, 5.74) is 8.18. The third kappa shape index (κ3) is 3.28. The van der Waals surface area contributed by atoms with E-state index in [4.69, 9.17) is 10.5 Å². The summed E-state index contributed by atoms with van der Waals surface area (Å²) in [5.74, 6) is 1.01. The smallest absolute Gasteiger partial charge is 0.229 e. The molecule has 0 radical (unpaired) electrons. The van der Waals surface area contributed by atoms with Crippen molar-refractivity contribution in [3.05, 3.63) is 35.5 Å². The van der Waals surface area contributed by atoms with Gasteiger partial charge in [-0.1, -0.05) is 12.1 Å². The number of carbonyl (C=O) groups excluding carboxylic acids is 1. The lowest BCUT2D eigenvalue weighted by molar-refractivity contribution is -0.116. The molecule has 1 aromatic carbocycles. The largest absolute Gasteiger partial charge is 0.491 e. The zero-order valence-electron chi connectivity index (χ0n) is 11.6. The Labute approximate surface area is 117 Å². The van der Waals surface area contributed by atoms with Gasteiger partial charge < -0.3 is 15.8 Å². The Kier molecular flexibility index (Phi) is 4.24. The number of nitrogen functional groups attached to an aromatic ring is 1. The molecule has 106 valence electrons. The first kappa shape index (κ1) is 13.9. The van der Waals surface area contributed by atoms with E-state index in [2.05, 4.69) is 15.5 Å². The zero-order valence-corrected chi connectivity index (χ0v) is 11.6. The number of para-hydroxylation sites is 2. The van der Waals surface area contributed by atoms with E-state index in [1.54, 1.807) is 12.1 Å². The number of H-pyrrole nitrogens is 1. The van der Waals surface area contributed by atoms with Gasteiger partial charge in [0, 0.05) is 11.3 Å². The molecule has 0 atom stereocenters. The molecule has 4 N–H and O–H groups in total. The topological polar surface area (TPSA) is 93.0 Å². The number of anilines is 2. The maximum absolute atomic E-state index is 11.8. The third-order valence-corrected chi connectivity index (χ3v) is 3.02. The van der Waals surface area contributed by atoms with E-state index in [0.29, 0.717) is 17.3 Å². The average molecular weight is 274 g/mol. The van der Waals surface area contributed by atoms with E-state index in [0.717, 1.165) is 11.3 Å². The van der Waals surface area contributed by atoms with Crippen molar-refractivity contribution in [1.29, 1.82) is 0 Å². The number of aromatic amines is 1. The van der Waals surface area contributed by atoms with Crippen LogP contribution in [0.15, 0.2) is 24.3 Å². The van der Waals surface area contributed by atoms with E-state index in [1.807, 2.05) is 26.0 Å². The number of ether oxygens (including phenoxy) is 1. The monoisotopic (exact) mass is 274 g/mol. The van der Waals surface area contributed by atoms with Crippen LogP contribution in [0, 0.1) is 13.8 Å². The number of nitrogens with zero attached hydrogens (tertiary/aromatic N) is 1. The number of nitrogens with one attached hydrogen (secondary N) is 2. The Morgan fingerprint density at radius 1 is 1.40 bits per heavy atom. The number of hydrogen-bond donors (Lipinski definition) is 3. The maximum Gasteiger partial charge on any atom is 0.229 e. The third-order valence-electron chi connectivity index (χ3n) is 3.02. The lowest BCUT2D eigenvalue weighted by Gasteiger charge is -2.08. The second-order valence-corrected chi connectivity index (χ2v) is 4.51. The van der Waals surface area contributed by atoms with Gasteiger partial charge in [0.2, 0.25) is 5.91 Å². The number of hydrogen-bond acceptors (Lipinski definition) is 4. The summed E-state index contributed by atoms with van der Waals surface area (Å²) < 4.78 is 5.47. The van der Waals surface area contributed by atoms with E-state index >= 15 is 0 Å². The lowest BCUT2D eigenvalue weighted by Crippen LogP contribution is -2.16. The van der Waals surface area contributed by atoms with Gasteiger partial charge in [0.15, 0.2) is 5.82 Å². The van der Waals surface area contributed by atoms with Gasteiger partial charge in [-0.25, -0.2) is 0 Å². The quantitative estimate of drug-likeness (QED) is 0.727. The fraction of sp³-hybridized carbons (Fsp3) is 0.286. The van der Waals surface area contributed by atoms with E-state index in [1.165, 1.54) is 0 Å². The van der Waals surface area contributed by atoms with Crippen molar-refractivity contribution in [3.8, 4) is 5.75 Å². The molecule has 1 amide bonds. The Bertz CT molecular complexity index is 607. The van der Waals surface area contributed by atoms with Gasteiger partial charge in [0.25, 0.3) is 0 Å². The highest BCUT2D eigenvalue weighted by Gasteiger charge is 2.09. The maximum atomic E-state index is 11.8. The fourth-order valence-corrected chi connectivity index (χ4v) is 1.67. The van der Waals surface area contributed by atoms with Crippen LogP contribution in [0.2, 0.25) is 0 Å². The van der Waals surface area contributed by atoms with Crippen molar-refractivity contribution in [2.45, 2.75) is 20.3 Å². The van der Waals surface area contributed by atoms with Crippen molar-refractivity contribution < 1.29 is 9.53 Å². The van der Waals surface area contributed by atoms with Crippen LogP contribution in [-0.4, -0.2) is 22.7 Å². The molecule has 1 heterocycles. The molecule has 6 nitrogen and oxygen atoms in total. The Morgan fingerprint density at radius 3 is 2.80 bits per heavy atom. The molecule has 0 aliphatic heterocycles. The minimum atomic E-state index is -0.144. The van der Waals surface area contributed by atoms with Crippen LogP contribution in [-0.2, 0) is 4.79 Å². The first-order valence-electron chi connectivity index (χ1n) is 6.36. The van der Waals surface area contributed by atoms with Crippen LogP contribution in [0.4, 0.5) is 11.5 Å².